The van der Waals surface area contributed by atoms with E-state index in [0.29, 0.717) is 22.6 Å². The molecule has 0 bridgehead atoms. The molecule has 0 fully saturated rings. The van der Waals surface area contributed by atoms with E-state index < -0.39 is 29.4 Å². The highest BCUT2D eigenvalue weighted by molar-refractivity contribution is 6.22. The third-order valence-corrected chi connectivity index (χ3v) is 4.93. The molecule has 1 aliphatic carbocycles. The van der Waals surface area contributed by atoms with Gasteiger partial charge in [0, 0.05) is 35.1 Å². The van der Waals surface area contributed by atoms with Gasteiger partial charge in [-0.3, -0.25) is 9.79 Å². The Labute approximate surface area is 172 Å². The minimum atomic E-state index is -0.949. The van der Waals surface area contributed by atoms with Crippen molar-refractivity contribution in [1.82, 2.24) is 0 Å². The fraction of sp³-hybridized carbons (Fsp3) is 0.182. The molecule has 2 aromatic rings. The standard InChI is InChI=1S/C22H20ClF2N3O/c1-27-22(13-5-3-2-4-6-13)16-11-14(7-10-19(16)26)28-20(29)12-15-18(24)9-8-17(23)21(15)25/h2-7,9-11,17H,8,12,26H2,1H3,(H,28,29). The minimum Gasteiger partial charge on any atom is -0.398 e. The molecule has 0 spiro atoms. The fourth-order valence-corrected chi connectivity index (χ4v) is 3.33. The first-order chi connectivity index (χ1) is 13.9. The summed E-state index contributed by atoms with van der Waals surface area (Å²) in [5.74, 6) is -2.11. The Hall–Kier alpha value is -2.99. The van der Waals surface area contributed by atoms with Gasteiger partial charge >= 0.3 is 0 Å². The Kier molecular flexibility index (Phi) is 6.44. The summed E-state index contributed by atoms with van der Waals surface area (Å²) in [6.07, 6.45) is 0.795. The van der Waals surface area contributed by atoms with E-state index in [1.165, 1.54) is 6.08 Å². The lowest BCUT2D eigenvalue weighted by Crippen LogP contribution is -2.17. The van der Waals surface area contributed by atoms with Crippen molar-refractivity contribution in [2.75, 3.05) is 18.1 Å². The van der Waals surface area contributed by atoms with Crippen LogP contribution in [0, 0.1) is 0 Å². The summed E-state index contributed by atoms with van der Waals surface area (Å²) >= 11 is 5.82. The van der Waals surface area contributed by atoms with Gasteiger partial charge < -0.3 is 11.1 Å². The van der Waals surface area contributed by atoms with Crippen LogP contribution in [0.4, 0.5) is 20.2 Å². The minimum absolute atomic E-state index is 0.0598. The second kappa shape index (κ2) is 9.01. The van der Waals surface area contributed by atoms with Gasteiger partial charge in [0.05, 0.1) is 17.5 Å². The van der Waals surface area contributed by atoms with Crippen LogP contribution in [0.25, 0.3) is 0 Å². The van der Waals surface area contributed by atoms with Crippen molar-refractivity contribution in [1.29, 1.82) is 0 Å². The molecule has 1 atom stereocenters. The van der Waals surface area contributed by atoms with E-state index in [2.05, 4.69) is 10.3 Å². The number of benzene rings is 2. The number of allylic oxidation sites excluding steroid dienone is 3. The summed E-state index contributed by atoms with van der Waals surface area (Å²) in [5.41, 5.74) is 8.92. The molecule has 29 heavy (non-hydrogen) atoms. The summed E-state index contributed by atoms with van der Waals surface area (Å²) in [4.78, 5) is 16.7. The number of hydrogen-bond acceptors (Lipinski definition) is 3. The summed E-state index contributed by atoms with van der Waals surface area (Å²) in [7, 11) is 1.66. The van der Waals surface area contributed by atoms with Crippen LogP contribution in [0.2, 0.25) is 0 Å². The van der Waals surface area contributed by atoms with Crippen molar-refractivity contribution in [3.05, 3.63) is 83.0 Å². The third kappa shape index (κ3) is 4.71. The van der Waals surface area contributed by atoms with Crippen molar-refractivity contribution in [3.8, 4) is 0 Å². The molecule has 3 N–H and O–H groups in total. The van der Waals surface area contributed by atoms with Gasteiger partial charge in [-0.2, -0.15) is 0 Å². The van der Waals surface area contributed by atoms with Gasteiger partial charge in [0.2, 0.25) is 5.91 Å². The number of nitrogen functional groups attached to an aromatic ring is 1. The number of anilines is 2. The topological polar surface area (TPSA) is 67.5 Å². The lowest BCUT2D eigenvalue weighted by molar-refractivity contribution is -0.115. The van der Waals surface area contributed by atoms with E-state index in [-0.39, 0.29) is 12.0 Å². The molecular weight excluding hydrogens is 396 g/mol. The highest BCUT2D eigenvalue weighted by Gasteiger charge is 2.25. The normalized spacial score (nSPS) is 17.2. The largest absolute Gasteiger partial charge is 0.398 e. The van der Waals surface area contributed by atoms with E-state index in [9.17, 15) is 13.6 Å². The first-order valence-corrected chi connectivity index (χ1v) is 9.45. The van der Waals surface area contributed by atoms with Gasteiger partial charge in [0.1, 0.15) is 11.7 Å². The second-order valence-corrected chi connectivity index (χ2v) is 7.07. The number of carbonyl (C=O) groups excluding carboxylic acids is 1. The van der Waals surface area contributed by atoms with Crippen LogP contribution in [-0.2, 0) is 4.79 Å². The molecule has 4 nitrogen and oxygen atoms in total. The molecule has 0 saturated heterocycles. The Balaban J connectivity index is 1.82. The van der Waals surface area contributed by atoms with Crippen LogP contribution in [0.3, 0.4) is 0 Å². The van der Waals surface area contributed by atoms with Gasteiger partial charge in [-0.1, -0.05) is 30.3 Å². The average molecular weight is 416 g/mol. The number of rotatable bonds is 5. The van der Waals surface area contributed by atoms with Crippen molar-refractivity contribution in [2.24, 2.45) is 4.99 Å². The summed E-state index contributed by atoms with van der Waals surface area (Å²) in [6.45, 7) is 0. The summed E-state index contributed by atoms with van der Waals surface area (Å²) in [5, 5.41) is 1.71. The van der Waals surface area contributed by atoms with Gasteiger partial charge in [0.25, 0.3) is 0 Å². The summed E-state index contributed by atoms with van der Waals surface area (Å²) in [6, 6.07) is 14.4. The molecule has 0 saturated carbocycles. The number of aliphatic imine (C=N–C) groups is 1. The van der Waals surface area contributed by atoms with Crippen LogP contribution in [0.5, 0.6) is 0 Å². The molecule has 0 aliphatic heterocycles. The molecule has 2 aromatic carbocycles. The smallest absolute Gasteiger partial charge is 0.229 e. The molecular formula is C22H20ClF2N3O. The highest BCUT2D eigenvalue weighted by Crippen LogP contribution is 2.33. The predicted molar refractivity (Wildman–Crippen MR) is 114 cm³/mol. The van der Waals surface area contributed by atoms with Crippen LogP contribution in [0.1, 0.15) is 24.0 Å². The molecule has 3 rings (SSSR count). The SMILES string of the molecule is CN=C(c1ccccc1)c1cc(NC(=O)CC2=C(F)C(Cl)CC=C2F)ccc1N. The van der Waals surface area contributed by atoms with E-state index in [4.69, 9.17) is 17.3 Å². The number of carbonyl (C=O) groups is 1. The van der Waals surface area contributed by atoms with E-state index in [1.807, 2.05) is 30.3 Å². The molecule has 0 aromatic heterocycles. The molecule has 1 aliphatic rings. The van der Waals surface area contributed by atoms with Crippen molar-refractivity contribution < 1.29 is 13.6 Å². The van der Waals surface area contributed by atoms with Crippen LogP contribution >= 0.6 is 11.6 Å². The van der Waals surface area contributed by atoms with Gasteiger partial charge in [-0.25, -0.2) is 8.78 Å². The van der Waals surface area contributed by atoms with E-state index in [1.54, 1.807) is 25.2 Å². The molecule has 150 valence electrons. The number of nitrogens with zero attached hydrogens (tertiary/aromatic N) is 1. The summed E-state index contributed by atoms with van der Waals surface area (Å²) < 4.78 is 28.0. The maximum atomic E-state index is 14.1. The monoisotopic (exact) mass is 415 g/mol. The van der Waals surface area contributed by atoms with Crippen molar-refractivity contribution >= 4 is 34.6 Å². The third-order valence-electron chi connectivity index (χ3n) is 4.56. The zero-order valence-corrected chi connectivity index (χ0v) is 16.5. The molecule has 1 unspecified atom stereocenters. The lowest BCUT2D eigenvalue weighted by atomic mass is 9.99. The van der Waals surface area contributed by atoms with E-state index >= 15 is 0 Å². The second-order valence-electron chi connectivity index (χ2n) is 6.55. The first-order valence-electron chi connectivity index (χ1n) is 9.01. The number of amides is 1. The Morgan fingerprint density at radius 1 is 1.24 bits per heavy atom. The maximum absolute atomic E-state index is 14.1. The molecule has 0 radical (unpaired) electrons. The Bertz CT molecular complexity index is 1020. The maximum Gasteiger partial charge on any atom is 0.229 e. The van der Waals surface area contributed by atoms with Gasteiger partial charge in [-0.15, -0.1) is 11.6 Å². The van der Waals surface area contributed by atoms with Gasteiger partial charge in [-0.05, 0) is 30.7 Å². The van der Waals surface area contributed by atoms with Crippen LogP contribution in [0.15, 0.2) is 76.8 Å². The first kappa shape index (κ1) is 20.7. The zero-order valence-electron chi connectivity index (χ0n) is 15.8. The van der Waals surface area contributed by atoms with Crippen molar-refractivity contribution in [2.45, 2.75) is 18.2 Å². The lowest BCUT2D eigenvalue weighted by Gasteiger charge is -2.16. The molecule has 7 heteroatoms. The fourth-order valence-electron chi connectivity index (χ4n) is 3.11. The zero-order chi connectivity index (χ0) is 21.0. The van der Waals surface area contributed by atoms with E-state index in [0.717, 1.165) is 5.56 Å². The van der Waals surface area contributed by atoms with Gasteiger partial charge in [0.15, 0.2) is 0 Å². The predicted octanol–water partition coefficient (Wildman–Crippen LogP) is 5.15. The number of nitrogens with one attached hydrogen (secondary N) is 1. The number of alkyl halides is 1. The highest BCUT2D eigenvalue weighted by atomic mass is 35.5. The number of halogens is 3. The molecule has 0 heterocycles. The van der Waals surface area contributed by atoms with Crippen LogP contribution in [-0.4, -0.2) is 24.0 Å². The van der Waals surface area contributed by atoms with Crippen LogP contribution < -0.4 is 11.1 Å². The number of nitrogens with two attached hydrogens (primary N) is 1. The molecule has 1 amide bonds. The average Bonchev–Trinajstić information content (AvgIpc) is 2.72. The Morgan fingerprint density at radius 3 is 2.66 bits per heavy atom. The number of hydrogen-bond donors (Lipinski definition) is 2. The Morgan fingerprint density at radius 2 is 1.97 bits per heavy atom. The van der Waals surface area contributed by atoms with Crippen molar-refractivity contribution in [3.63, 3.8) is 0 Å². The quantitative estimate of drug-likeness (QED) is 0.402.